The predicted octanol–water partition coefficient (Wildman–Crippen LogP) is 4.95. The van der Waals surface area contributed by atoms with Crippen LogP contribution in [-0.2, 0) is 19.1 Å². The van der Waals surface area contributed by atoms with Gasteiger partial charge in [0.2, 0.25) is 0 Å². The molecule has 2 aliphatic carbocycles. The Morgan fingerprint density at radius 1 is 0.971 bits per heavy atom. The van der Waals surface area contributed by atoms with Crippen molar-refractivity contribution in [3.63, 3.8) is 0 Å². The van der Waals surface area contributed by atoms with E-state index in [0.29, 0.717) is 54.1 Å². The number of rotatable bonds is 5. The van der Waals surface area contributed by atoms with Gasteiger partial charge in [-0.15, -0.1) is 0 Å². The van der Waals surface area contributed by atoms with E-state index in [1.807, 2.05) is 27.7 Å². The molecular weight excluding hydrogens is 436 g/mol. The lowest BCUT2D eigenvalue weighted by atomic mass is 9.65. The molecule has 1 aromatic rings. The first-order chi connectivity index (χ1) is 15.8. The van der Waals surface area contributed by atoms with Crippen LogP contribution in [0.2, 0.25) is 0 Å². The van der Waals surface area contributed by atoms with Crippen LogP contribution in [-0.4, -0.2) is 35.9 Å². The third-order valence-electron chi connectivity index (χ3n) is 6.75. The summed E-state index contributed by atoms with van der Waals surface area (Å²) < 4.78 is 17.4. The van der Waals surface area contributed by atoms with Gasteiger partial charge in [-0.2, -0.15) is 0 Å². The topological polar surface area (TPSA) is 99.1 Å². The summed E-state index contributed by atoms with van der Waals surface area (Å²) in [6, 6.07) is 5.14. The van der Waals surface area contributed by atoms with Crippen molar-refractivity contribution in [3.8, 4) is 11.5 Å². The molecule has 3 aliphatic rings. The van der Waals surface area contributed by atoms with Crippen LogP contribution >= 0.6 is 0 Å². The molecule has 1 aromatic carbocycles. The largest absolute Gasteiger partial charge is 0.493 e. The summed E-state index contributed by atoms with van der Waals surface area (Å²) >= 11 is 0. The van der Waals surface area contributed by atoms with Crippen LogP contribution in [0.3, 0.4) is 0 Å². The number of hydrogen-bond acceptors (Lipinski definition) is 6. The van der Waals surface area contributed by atoms with Gasteiger partial charge in [-0.25, -0.2) is 4.79 Å². The van der Waals surface area contributed by atoms with Crippen molar-refractivity contribution in [3.05, 3.63) is 46.4 Å². The molecule has 0 saturated heterocycles. The Kier molecular flexibility index (Phi) is 5.86. The lowest BCUT2D eigenvalue weighted by Crippen LogP contribution is -2.37. The Bertz CT molecular complexity index is 1080. The second-order valence-corrected chi connectivity index (χ2v) is 11.1. The molecule has 1 aliphatic heterocycles. The van der Waals surface area contributed by atoms with E-state index in [1.165, 1.54) is 14.0 Å². The summed E-state index contributed by atoms with van der Waals surface area (Å²) in [7, 11) is 1.47. The number of benzene rings is 1. The van der Waals surface area contributed by atoms with Crippen LogP contribution in [0.15, 0.2) is 40.9 Å². The maximum atomic E-state index is 13.4. The SMILES string of the molecule is COc1cc(C2C3=C(CC(C)(C)CC3=O)OC3=C2C(=O)CC(C)(C)C3)ccc1O[C@H](C)C(=O)O. The monoisotopic (exact) mass is 468 g/mol. The Morgan fingerprint density at radius 2 is 1.50 bits per heavy atom. The molecule has 34 heavy (non-hydrogen) atoms. The summed E-state index contributed by atoms with van der Waals surface area (Å²) in [6.07, 6.45) is 0.926. The minimum absolute atomic E-state index is 0.0146. The summed E-state index contributed by atoms with van der Waals surface area (Å²) in [6.45, 7) is 9.63. The van der Waals surface area contributed by atoms with Crippen LogP contribution in [0.4, 0.5) is 0 Å². The molecule has 0 saturated carbocycles. The van der Waals surface area contributed by atoms with Crippen LogP contribution in [0, 0.1) is 10.8 Å². The second kappa shape index (κ2) is 8.29. The number of methoxy groups -OCH3 is 1. The Labute approximate surface area is 199 Å². The number of carboxylic acids is 1. The molecule has 0 radical (unpaired) electrons. The molecule has 182 valence electrons. The first-order valence-electron chi connectivity index (χ1n) is 11.6. The fourth-order valence-corrected chi connectivity index (χ4v) is 5.21. The molecule has 0 bridgehead atoms. The molecule has 0 amide bonds. The van der Waals surface area contributed by atoms with Crippen molar-refractivity contribution in [2.45, 2.75) is 72.3 Å². The fourth-order valence-electron chi connectivity index (χ4n) is 5.21. The number of ketones is 2. The highest BCUT2D eigenvalue weighted by Gasteiger charge is 2.47. The lowest BCUT2D eigenvalue weighted by molar-refractivity contribution is -0.144. The van der Waals surface area contributed by atoms with Crippen molar-refractivity contribution >= 4 is 17.5 Å². The smallest absolute Gasteiger partial charge is 0.344 e. The third-order valence-corrected chi connectivity index (χ3v) is 6.75. The number of carbonyl (C=O) groups excluding carboxylic acids is 2. The van der Waals surface area contributed by atoms with Crippen molar-refractivity contribution in [2.24, 2.45) is 10.8 Å². The average Bonchev–Trinajstić information content (AvgIpc) is 2.70. The number of carbonyl (C=O) groups is 3. The maximum Gasteiger partial charge on any atom is 0.344 e. The molecule has 0 fully saturated rings. The molecule has 1 atom stereocenters. The number of allylic oxidation sites excluding steroid dienone is 4. The zero-order valence-electron chi connectivity index (χ0n) is 20.6. The molecule has 0 aromatic heterocycles. The number of carboxylic acid groups (broad SMARTS) is 1. The Hall–Kier alpha value is -3.09. The van der Waals surface area contributed by atoms with Crippen LogP contribution < -0.4 is 9.47 Å². The first-order valence-corrected chi connectivity index (χ1v) is 11.6. The normalized spacial score (nSPS) is 22.5. The van der Waals surface area contributed by atoms with Crippen LogP contribution in [0.1, 0.15) is 71.8 Å². The zero-order valence-corrected chi connectivity index (χ0v) is 20.6. The van der Waals surface area contributed by atoms with E-state index in [4.69, 9.17) is 14.2 Å². The summed E-state index contributed by atoms with van der Waals surface area (Å²) in [4.78, 5) is 38.0. The van der Waals surface area contributed by atoms with Gasteiger partial charge in [0.1, 0.15) is 11.5 Å². The van der Waals surface area contributed by atoms with E-state index < -0.39 is 18.0 Å². The van der Waals surface area contributed by atoms with Gasteiger partial charge in [0.25, 0.3) is 0 Å². The van der Waals surface area contributed by atoms with E-state index >= 15 is 0 Å². The zero-order chi connectivity index (χ0) is 25.0. The molecule has 0 spiro atoms. The molecule has 7 heteroatoms. The van der Waals surface area contributed by atoms with Crippen molar-refractivity contribution < 1.29 is 33.7 Å². The van der Waals surface area contributed by atoms with Crippen molar-refractivity contribution in [1.29, 1.82) is 0 Å². The van der Waals surface area contributed by atoms with Gasteiger partial charge in [0, 0.05) is 42.7 Å². The Balaban J connectivity index is 1.85. The third kappa shape index (κ3) is 4.36. The van der Waals surface area contributed by atoms with Crippen molar-refractivity contribution in [1.82, 2.24) is 0 Å². The number of Topliss-reactive ketones (excluding diaryl/α,β-unsaturated/α-hetero) is 2. The fraction of sp³-hybridized carbons (Fsp3) is 0.519. The van der Waals surface area contributed by atoms with E-state index in [0.717, 1.165) is 5.56 Å². The van der Waals surface area contributed by atoms with E-state index in [-0.39, 0.29) is 28.1 Å². The van der Waals surface area contributed by atoms with Gasteiger partial charge in [-0.05, 0) is 35.4 Å². The average molecular weight is 469 g/mol. The van der Waals surface area contributed by atoms with Gasteiger partial charge >= 0.3 is 5.97 Å². The molecule has 1 N–H and O–H groups in total. The molecule has 4 rings (SSSR count). The standard InChI is InChI=1S/C27H32O7/c1-14(25(30)31)33-18-8-7-15(9-19(18)32-6)22-23-16(28)10-26(2,3)12-20(23)34-21-13-27(4,5)11-17(29)24(21)22/h7-9,14,22H,10-13H2,1-6H3,(H,30,31)/t14-/m1/s1. The van der Waals surface area contributed by atoms with E-state index in [1.54, 1.807) is 18.2 Å². The van der Waals surface area contributed by atoms with Gasteiger partial charge in [-0.3, -0.25) is 9.59 Å². The molecule has 0 unspecified atom stereocenters. The highest BCUT2D eigenvalue weighted by Crippen LogP contribution is 2.53. The summed E-state index contributed by atoms with van der Waals surface area (Å²) in [5.41, 5.74) is 1.35. The quantitative estimate of drug-likeness (QED) is 0.653. The van der Waals surface area contributed by atoms with Crippen LogP contribution in [0.25, 0.3) is 0 Å². The molecule has 7 nitrogen and oxygen atoms in total. The Morgan fingerprint density at radius 3 is 1.97 bits per heavy atom. The number of aliphatic carboxylic acids is 1. The van der Waals surface area contributed by atoms with Crippen LogP contribution in [0.5, 0.6) is 11.5 Å². The minimum atomic E-state index is -1.09. The summed E-state index contributed by atoms with van der Waals surface area (Å²) in [5, 5.41) is 9.20. The minimum Gasteiger partial charge on any atom is -0.493 e. The highest BCUT2D eigenvalue weighted by molar-refractivity contribution is 6.06. The van der Waals surface area contributed by atoms with E-state index in [2.05, 4.69) is 0 Å². The van der Waals surface area contributed by atoms with Gasteiger partial charge in [0.15, 0.2) is 29.2 Å². The second-order valence-electron chi connectivity index (χ2n) is 11.1. The molecular formula is C27H32O7. The van der Waals surface area contributed by atoms with Crippen molar-refractivity contribution in [2.75, 3.05) is 7.11 Å². The van der Waals surface area contributed by atoms with E-state index in [9.17, 15) is 19.5 Å². The van der Waals surface area contributed by atoms with Gasteiger partial charge < -0.3 is 19.3 Å². The first kappa shape index (κ1) is 24.0. The summed E-state index contributed by atoms with van der Waals surface area (Å²) in [5.74, 6) is 0.246. The highest BCUT2D eigenvalue weighted by atomic mass is 16.5. The number of ether oxygens (including phenoxy) is 3. The van der Waals surface area contributed by atoms with Gasteiger partial charge in [0.05, 0.1) is 7.11 Å². The predicted molar refractivity (Wildman–Crippen MR) is 125 cm³/mol. The maximum absolute atomic E-state index is 13.4. The molecule has 1 heterocycles. The number of hydrogen-bond donors (Lipinski definition) is 1. The lowest BCUT2D eigenvalue weighted by Gasteiger charge is -2.42. The van der Waals surface area contributed by atoms with Gasteiger partial charge in [-0.1, -0.05) is 33.8 Å².